The van der Waals surface area contributed by atoms with E-state index in [1.807, 2.05) is 5.32 Å². The molecule has 0 saturated heterocycles. The number of aromatic nitrogens is 4. The van der Waals surface area contributed by atoms with Crippen LogP contribution in [0.3, 0.4) is 0 Å². The standard InChI is InChI=1S/C22H16ClN7O5/c23-15-3-1-14(2-4-15)11-29-20(27-21(32)30(22(29)33)12-18(31)25-13-24)26-16-5-7-17(8-6-16)35-19-9-10-34-28-19/h1-10H,11-12H2,(H,25,31)(H,26,27,32). The Morgan fingerprint density at radius 1 is 1.14 bits per heavy atom. The Labute approximate surface area is 201 Å². The van der Waals surface area contributed by atoms with Crippen molar-refractivity contribution in [3.05, 3.63) is 98.0 Å². The van der Waals surface area contributed by atoms with Crippen LogP contribution in [0.15, 0.2) is 80.0 Å². The average molecular weight is 494 g/mol. The van der Waals surface area contributed by atoms with Gasteiger partial charge in [0.25, 0.3) is 11.8 Å². The Hall–Kier alpha value is -4.89. The lowest BCUT2D eigenvalue weighted by atomic mass is 10.2. The molecule has 35 heavy (non-hydrogen) atoms. The zero-order valence-corrected chi connectivity index (χ0v) is 18.6. The summed E-state index contributed by atoms with van der Waals surface area (Å²) in [5.74, 6) is -0.0614. The first-order valence-corrected chi connectivity index (χ1v) is 10.4. The minimum absolute atomic E-state index is 0.0266. The molecule has 176 valence electrons. The maximum Gasteiger partial charge on any atom is 0.335 e. The molecule has 0 saturated carbocycles. The molecule has 0 fully saturated rings. The van der Waals surface area contributed by atoms with Crippen LogP contribution in [0.5, 0.6) is 11.6 Å². The molecule has 4 rings (SSSR count). The summed E-state index contributed by atoms with van der Waals surface area (Å²) in [6.07, 6.45) is 2.84. The molecule has 1 amide bonds. The van der Waals surface area contributed by atoms with E-state index < -0.39 is 23.8 Å². The van der Waals surface area contributed by atoms with Crippen molar-refractivity contribution < 1.29 is 14.1 Å². The monoisotopic (exact) mass is 493 g/mol. The number of nitrogens with one attached hydrogen (secondary N) is 2. The number of ether oxygens (including phenoxy) is 1. The molecule has 4 aromatic rings. The molecule has 2 aromatic heterocycles. The molecule has 2 aromatic carbocycles. The van der Waals surface area contributed by atoms with Crippen molar-refractivity contribution in [3.8, 4) is 17.8 Å². The fraction of sp³-hybridized carbons (Fsp3) is 0.0909. The normalized spacial score (nSPS) is 11.1. The third kappa shape index (κ3) is 5.73. The van der Waals surface area contributed by atoms with Crippen molar-refractivity contribution in [2.24, 2.45) is 4.99 Å². The number of H-pyrrole nitrogens is 1. The lowest BCUT2D eigenvalue weighted by Gasteiger charge is -2.11. The zero-order chi connectivity index (χ0) is 24.8. The summed E-state index contributed by atoms with van der Waals surface area (Å²) in [5.41, 5.74) is -0.583. The number of benzene rings is 2. The summed E-state index contributed by atoms with van der Waals surface area (Å²) < 4.78 is 12.1. The van der Waals surface area contributed by atoms with E-state index in [-0.39, 0.29) is 18.0 Å². The molecule has 0 atom stereocenters. The van der Waals surface area contributed by atoms with Crippen LogP contribution >= 0.6 is 11.6 Å². The van der Waals surface area contributed by atoms with Crippen LogP contribution in [0.2, 0.25) is 5.02 Å². The largest absolute Gasteiger partial charge is 0.436 e. The number of aromatic amines is 1. The Balaban J connectivity index is 1.75. The predicted molar refractivity (Wildman–Crippen MR) is 122 cm³/mol. The predicted octanol–water partition coefficient (Wildman–Crippen LogP) is 1.65. The minimum Gasteiger partial charge on any atom is -0.436 e. The molecule has 2 heterocycles. The quantitative estimate of drug-likeness (QED) is 0.292. The molecule has 0 aliphatic rings. The van der Waals surface area contributed by atoms with Gasteiger partial charge in [-0.2, -0.15) is 5.26 Å². The highest BCUT2D eigenvalue weighted by molar-refractivity contribution is 6.30. The number of hydrogen-bond acceptors (Lipinski definition) is 8. The Kier molecular flexibility index (Phi) is 6.89. The summed E-state index contributed by atoms with van der Waals surface area (Å²) >= 11 is 5.95. The summed E-state index contributed by atoms with van der Waals surface area (Å²) in [6.45, 7) is -0.616. The number of rotatable bonds is 7. The second-order valence-corrected chi connectivity index (χ2v) is 7.48. The highest BCUT2D eigenvalue weighted by Crippen LogP contribution is 2.22. The van der Waals surface area contributed by atoms with Gasteiger partial charge in [0.15, 0.2) is 6.19 Å². The fourth-order valence-electron chi connectivity index (χ4n) is 3.03. The molecule has 0 spiro atoms. The van der Waals surface area contributed by atoms with Gasteiger partial charge in [-0.25, -0.2) is 19.1 Å². The third-order valence-corrected chi connectivity index (χ3v) is 4.89. The van der Waals surface area contributed by atoms with Crippen molar-refractivity contribution >= 4 is 23.2 Å². The van der Waals surface area contributed by atoms with Crippen molar-refractivity contribution in [1.29, 1.82) is 5.26 Å². The van der Waals surface area contributed by atoms with E-state index in [0.717, 1.165) is 0 Å². The van der Waals surface area contributed by atoms with Crippen LogP contribution in [0.4, 0.5) is 5.69 Å². The van der Waals surface area contributed by atoms with E-state index in [2.05, 4.69) is 15.1 Å². The van der Waals surface area contributed by atoms with Gasteiger partial charge in [-0.3, -0.25) is 19.7 Å². The average Bonchev–Trinajstić information content (AvgIpc) is 3.35. The van der Waals surface area contributed by atoms with E-state index >= 15 is 0 Å². The summed E-state index contributed by atoms with van der Waals surface area (Å²) in [7, 11) is 0. The number of hydrogen-bond donors (Lipinski definition) is 2. The van der Waals surface area contributed by atoms with E-state index in [1.165, 1.54) is 17.0 Å². The molecular weight excluding hydrogens is 478 g/mol. The first-order valence-electron chi connectivity index (χ1n) is 10.0. The van der Waals surface area contributed by atoms with Gasteiger partial charge in [0.2, 0.25) is 5.62 Å². The van der Waals surface area contributed by atoms with E-state index in [9.17, 15) is 14.4 Å². The molecule has 13 heteroatoms. The number of carbonyl (C=O) groups excluding carboxylic acids is 1. The van der Waals surface area contributed by atoms with Crippen LogP contribution in [0.25, 0.3) is 0 Å². The molecule has 0 aliphatic carbocycles. The first kappa shape index (κ1) is 23.3. The van der Waals surface area contributed by atoms with Gasteiger partial charge in [-0.1, -0.05) is 23.7 Å². The van der Waals surface area contributed by atoms with Gasteiger partial charge in [0.05, 0.1) is 12.2 Å². The Morgan fingerprint density at radius 3 is 2.54 bits per heavy atom. The maximum absolute atomic E-state index is 13.2. The molecule has 0 bridgehead atoms. The number of nitrogens with zero attached hydrogens (tertiary/aromatic N) is 5. The first-order chi connectivity index (χ1) is 16.9. The van der Waals surface area contributed by atoms with Crippen LogP contribution in [0.1, 0.15) is 5.56 Å². The van der Waals surface area contributed by atoms with Gasteiger partial charge < -0.3 is 9.26 Å². The molecule has 0 radical (unpaired) electrons. The van der Waals surface area contributed by atoms with Crippen molar-refractivity contribution in [2.75, 3.05) is 0 Å². The molecule has 2 N–H and O–H groups in total. The lowest BCUT2D eigenvalue weighted by Crippen LogP contribution is -2.51. The molecule has 12 nitrogen and oxygen atoms in total. The topological polar surface area (TPSA) is 160 Å². The molecular formula is C22H16ClN7O5. The van der Waals surface area contributed by atoms with Crippen LogP contribution in [0, 0.1) is 11.5 Å². The highest BCUT2D eigenvalue weighted by atomic mass is 35.5. The van der Waals surface area contributed by atoms with Crippen LogP contribution in [-0.4, -0.2) is 25.2 Å². The zero-order valence-electron chi connectivity index (χ0n) is 17.8. The third-order valence-electron chi connectivity index (χ3n) is 4.64. The highest BCUT2D eigenvalue weighted by Gasteiger charge is 2.13. The number of nitriles is 1. The lowest BCUT2D eigenvalue weighted by molar-refractivity contribution is -0.120. The van der Waals surface area contributed by atoms with Crippen LogP contribution < -0.4 is 27.1 Å². The van der Waals surface area contributed by atoms with Crippen molar-refractivity contribution in [1.82, 2.24) is 24.6 Å². The van der Waals surface area contributed by atoms with Crippen molar-refractivity contribution in [3.63, 3.8) is 0 Å². The second kappa shape index (κ2) is 10.4. The van der Waals surface area contributed by atoms with Gasteiger partial charge in [-0.15, -0.1) is 0 Å². The van der Waals surface area contributed by atoms with Gasteiger partial charge in [-0.05, 0) is 47.1 Å². The van der Waals surface area contributed by atoms with Gasteiger partial charge in [0.1, 0.15) is 18.6 Å². The number of amides is 1. The second-order valence-electron chi connectivity index (χ2n) is 7.04. The molecule has 0 unspecified atom stereocenters. The number of carbonyl (C=O) groups is 1. The summed E-state index contributed by atoms with van der Waals surface area (Å²) in [5, 5.41) is 14.7. The van der Waals surface area contributed by atoms with E-state index in [1.54, 1.807) is 54.6 Å². The van der Waals surface area contributed by atoms with Crippen LogP contribution in [-0.2, 0) is 17.9 Å². The maximum atomic E-state index is 13.2. The van der Waals surface area contributed by atoms with Crippen molar-refractivity contribution in [2.45, 2.75) is 13.1 Å². The Bertz CT molecular complexity index is 1560. The van der Waals surface area contributed by atoms with Gasteiger partial charge >= 0.3 is 11.4 Å². The van der Waals surface area contributed by atoms with Gasteiger partial charge in [0, 0.05) is 11.1 Å². The molecule has 0 aliphatic heterocycles. The minimum atomic E-state index is -0.861. The SMILES string of the molecule is N#CNC(=O)Cn1c(=O)[nH]/c(=N\c2ccc(Oc3ccon3)cc2)n(Cc2ccc(Cl)cc2)c1=O. The smallest absolute Gasteiger partial charge is 0.335 e. The summed E-state index contributed by atoms with van der Waals surface area (Å²) in [4.78, 5) is 44.5. The number of halogens is 1. The summed E-state index contributed by atoms with van der Waals surface area (Å²) in [6, 6.07) is 14.8. The fourth-order valence-corrected chi connectivity index (χ4v) is 3.15. The Morgan fingerprint density at radius 2 is 1.89 bits per heavy atom. The van der Waals surface area contributed by atoms with E-state index in [0.29, 0.717) is 26.6 Å². The van der Waals surface area contributed by atoms with E-state index in [4.69, 9.17) is 26.1 Å².